The number of carbonyl (C=O) groups is 2. The van der Waals surface area contributed by atoms with Crippen molar-refractivity contribution < 1.29 is 23.8 Å². The molecular formula is C28H36BrNO5Si. The van der Waals surface area contributed by atoms with E-state index < -0.39 is 26.1 Å². The van der Waals surface area contributed by atoms with Gasteiger partial charge in [-0.05, 0) is 52.9 Å². The largest absolute Gasteiger partial charge is 0.497 e. The van der Waals surface area contributed by atoms with Gasteiger partial charge in [-0.2, -0.15) is 0 Å². The van der Waals surface area contributed by atoms with Crippen molar-refractivity contribution >= 4 is 47.0 Å². The number of rotatable bonds is 8. The summed E-state index contributed by atoms with van der Waals surface area (Å²) in [5.41, 5.74) is 3.17. The van der Waals surface area contributed by atoms with E-state index in [1.807, 2.05) is 24.3 Å². The Balaban J connectivity index is 2.30. The third kappa shape index (κ3) is 5.39. The highest BCUT2D eigenvalue weighted by molar-refractivity contribution is 9.10. The van der Waals surface area contributed by atoms with Crippen molar-refractivity contribution in [3.63, 3.8) is 0 Å². The molecule has 36 heavy (non-hydrogen) atoms. The van der Waals surface area contributed by atoms with Gasteiger partial charge in [0.1, 0.15) is 5.75 Å². The third-order valence-electron chi connectivity index (χ3n) is 7.57. The number of carbonyl (C=O) groups excluding carboxylic acids is 2. The van der Waals surface area contributed by atoms with Crippen LogP contribution in [0.2, 0.25) is 18.1 Å². The summed E-state index contributed by atoms with van der Waals surface area (Å²) in [6, 6.07) is 14.1. The highest BCUT2D eigenvalue weighted by atomic mass is 79.9. The maximum Gasteiger partial charge on any atom is 0.320 e. The zero-order valence-electron chi connectivity index (χ0n) is 22.3. The van der Waals surface area contributed by atoms with Gasteiger partial charge in [0.2, 0.25) is 0 Å². The van der Waals surface area contributed by atoms with Crippen LogP contribution in [-0.4, -0.2) is 45.7 Å². The van der Waals surface area contributed by atoms with Crippen LogP contribution in [0.15, 0.2) is 53.1 Å². The van der Waals surface area contributed by atoms with Crippen LogP contribution in [-0.2, 0) is 19.1 Å². The zero-order chi connectivity index (χ0) is 26.8. The SMILES string of the molecule is COC(=O)C(C[C@H](c1ccc(OC)cc1)c1cn([Si](C)(C)C(C)(C)C)c2ccc(Br)cc12)C(=O)OC. The zero-order valence-corrected chi connectivity index (χ0v) is 24.9. The minimum Gasteiger partial charge on any atom is -0.497 e. The number of esters is 2. The lowest BCUT2D eigenvalue weighted by atomic mass is 9.83. The van der Waals surface area contributed by atoms with E-state index in [1.165, 1.54) is 14.2 Å². The number of ether oxygens (including phenoxy) is 3. The molecule has 0 saturated carbocycles. The van der Waals surface area contributed by atoms with Crippen molar-refractivity contribution in [1.82, 2.24) is 4.23 Å². The average molecular weight is 575 g/mol. The van der Waals surface area contributed by atoms with Crippen molar-refractivity contribution in [2.45, 2.75) is 51.2 Å². The highest BCUT2D eigenvalue weighted by Crippen LogP contribution is 2.43. The van der Waals surface area contributed by atoms with Crippen LogP contribution < -0.4 is 4.74 Å². The van der Waals surface area contributed by atoms with E-state index in [4.69, 9.17) is 14.2 Å². The topological polar surface area (TPSA) is 66.8 Å². The first-order valence-electron chi connectivity index (χ1n) is 12.0. The number of halogens is 1. The maximum atomic E-state index is 12.7. The summed E-state index contributed by atoms with van der Waals surface area (Å²) in [5, 5.41) is 1.18. The molecule has 0 spiro atoms. The molecule has 0 saturated heterocycles. The molecule has 1 heterocycles. The second kappa shape index (κ2) is 10.8. The van der Waals surface area contributed by atoms with Gasteiger partial charge in [0.05, 0.1) is 21.3 Å². The minimum absolute atomic E-state index is 0.0967. The molecule has 0 aliphatic carbocycles. The van der Waals surface area contributed by atoms with E-state index in [2.05, 4.69) is 78.4 Å². The predicted octanol–water partition coefficient (Wildman–Crippen LogP) is 6.75. The van der Waals surface area contributed by atoms with Gasteiger partial charge in [-0.25, -0.2) is 0 Å². The standard InChI is InChI=1S/C28H36BrNO5Si/c1-28(2,3)36(7,8)30-17-24(22-15-19(29)11-14-25(22)30)21(18-9-12-20(33-4)13-10-18)16-23(26(31)34-5)27(32)35-6/h9-15,17,21,23H,16H2,1-8H3/t21-/m1/s1. The monoisotopic (exact) mass is 573 g/mol. The lowest BCUT2D eigenvalue weighted by Crippen LogP contribution is -2.44. The summed E-state index contributed by atoms with van der Waals surface area (Å²) in [5.74, 6) is -1.78. The molecular weight excluding hydrogens is 538 g/mol. The first-order valence-corrected chi connectivity index (χ1v) is 15.7. The Morgan fingerprint density at radius 1 is 0.972 bits per heavy atom. The average Bonchev–Trinajstić information content (AvgIpc) is 3.22. The van der Waals surface area contributed by atoms with Gasteiger partial charge >= 0.3 is 11.9 Å². The molecule has 0 fully saturated rings. The molecule has 1 aromatic heterocycles. The molecule has 0 N–H and O–H groups in total. The van der Waals surface area contributed by atoms with Gasteiger partial charge in [-0.3, -0.25) is 9.59 Å². The van der Waals surface area contributed by atoms with E-state index in [-0.39, 0.29) is 17.4 Å². The van der Waals surface area contributed by atoms with Gasteiger partial charge in [-0.15, -0.1) is 0 Å². The summed E-state index contributed by atoms with van der Waals surface area (Å²) in [4.78, 5) is 25.4. The molecule has 194 valence electrons. The molecule has 0 amide bonds. The number of methoxy groups -OCH3 is 3. The Morgan fingerprint density at radius 2 is 1.56 bits per heavy atom. The fourth-order valence-corrected chi connectivity index (χ4v) is 6.76. The summed E-state index contributed by atoms with van der Waals surface area (Å²) in [7, 11) is 2.21. The number of nitrogens with zero attached hydrogens (tertiary/aromatic N) is 1. The van der Waals surface area contributed by atoms with Crippen LogP contribution in [0, 0.1) is 5.92 Å². The summed E-state index contributed by atoms with van der Waals surface area (Å²) < 4.78 is 18.8. The molecule has 0 aliphatic rings. The Morgan fingerprint density at radius 3 is 2.06 bits per heavy atom. The molecule has 3 aromatic rings. The number of fused-ring (bicyclic) bond motifs is 1. The van der Waals surface area contributed by atoms with Crippen molar-refractivity contribution in [3.8, 4) is 5.75 Å². The maximum absolute atomic E-state index is 12.7. The number of hydrogen-bond acceptors (Lipinski definition) is 5. The Kier molecular flexibility index (Phi) is 8.40. The molecule has 3 rings (SSSR count). The van der Waals surface area contributed by atoms with Crippen molar-refractivity contribution in [2.24, 2.45) is 5.92 Å². The summed E-state index contributed by atoms with van der Waals surface area (Å²) in [6.07, 6.45) is 2.45. The van der Waals surface area contributed by atoms with E-state index in [0.717, 1.165) is 32.3 Å². The molecule has 2 aromatic carbocycles. The summed E-state index contributed by atoms with van der Waals surface area (Å²) in [6.45, 7) is 11.6. The van der Waals surface area contributed by atoms with Gasteiger partial charge in [0, 0.05) is 27.5 Å². The van der Waals surface area contributed by atoms with Crippen LogP contribution in [0.3, 0.4) is 0 Å². The molecule has 0 bridgehead atoms. The van der Waals surface area contributed by atoms with E-state index in [0.29, 0.717) is 0 Å². The minimum atomic E-state index is -2.00. The van der Waals surface area contributed by atoms with E-state index in [1.54, 1.807) is 7.11 Å². The van der Waals surface area contributed by atoms with Crippen LogP contribution >= 0.6 is 15.9 Å². The van der Waals surface area contributed by atoms with E-state index in [9.17, 15) is 9.59 Å². The first-order chi connectivity index (χ1) is 16.8. The van der Waals surface area contributed by atoms with Crippen LogP contribution in [0.4, 0.5) is 0 Å². The van der Waals surface area contributed by atoms with Gasteiger partial charge < -0.3 is 18.4 Å². The van der Waals surface area contributed by atoms with Crippen LogP contribution in [0.5, 0.6) is 5.75 Å². The van der Waals surface area contributed by atoms with Gasteiger partial charge in [0.15, 0.2) is 14.2 Å². The number of aromatic nitrogens is 1. The molecule has 8 heteroatoms. The normalized spacial score (nSPS) is 13.1. The number of benzene rings is 2. The molecule has 6 nitrogen and oxygen atoms in total. The second-order valence-corrected chi connectivity index (χ2v) is 16.6. The van der Waals surface area contributed by atoms with Gasteiger partial charge in [0.25, 0.3) is 0 Å². The molecule has 0 unspecified atom stereocenters. The Bertz CT molecular complexity index is 1230. The molecule has 1 atom stereocenters. The molecule has 0 radical (unpaired) electrons. The highest BCUT2D eigenvalue weighted by Gasteiger charge is 2.40. The lowest BCUT2D eigenvalue weighted by molar-refractivity contribution is -0.159. The Hall–Kier alpha value is -2.58. The molecule has 0 aliphatic heterocycles. The smallest absolute Gasteiger partial charge is 0.320 e. The quantitative estimate of drug-likeness (QED) is 0.169. The predicted molar refractivity (Wildman–Crippen MR) is 149 cm³/mol. The van der Waals surface area contributed by atoms with Gasteiger partial charge in [-0.1, -0.05) is 61.9 Å². The fourth-order valence-electron chi connectivity index (χ4n) is 4.42. The lowest BCUT2D eigenvalue weighted by Gasteiger charge is -2.38. The first kappa shape index (κ1) is 28.0. The summed E-state index contributed by atoms with van der Waals surface area (Å²) >= 11 is 3.65. The van der Waals surface area contributed by atoms with Crippen LogP contribution in [0.25, 0.3) is 10.9 Å². The second-order valence-electron chi connectivity index (χ2n) is 10.6. The van der Waals surface area contributed by atoms with Crippen molar-refractivity contribution in [1.29, 1.82) is 0 Å². The Labute approximate surface area is 223 Å². The van der Waals surface area contributed by atoms with Crippen molar-refractivity contribution in [3.05, 3.63) is 64.3 Å². The third-order valence-corrected chi connectivity index (χ3v) is 13.3. The van der Waals surface area contributed by atoms with Crippen LogP contribution in [0.1, 0.15) is 44.2 Å². The van der Waals surface area contributed by atoms with E-state index >= 15 is 0 Å². The number of hydrogen-bond donors (Lipinski definition) is 0. The van der Waals surface area contributed by atoms with Crippen molar-refractivity contribution in [2.75, 3.05) is 21.3 Å². The fraction of sp³-hybridized carbons (Fsp3) is 0.429.